The fourth-order valence-electron chi connectivity index (χ4n) is 1.66. The number of thiazole rings is 1. The van der Waals surface area contributed by atoms with E-state index in [-0.39, 0.29) is 5.69 Å². The maximum Gasteiger partial charge on any atom is 0.358 e. The summed E-state index contributed by atoms with van der Waals surface area (Å²) >= 11 is 1.59. The maximum atomic E-state index is 10.7. The van der Waals surface area contributed by atoms with Crippen LogP contribution in [0, 0.1) is 6.92 Å². The van der Waals surface area contributed by atoms with E-state index in [4.69, 9.17) is 5.11 Å². The highest BCUT2D eigenvalue weighted by molar-refractivity contribution is 7.18. The molecule has 0 saturated carbocycles. The molecule has 2 aromatic heterocycles. The van der Waals surface area contributed by atoms with Crippen LogP contribution in [0.3, 0.4) is 0 Å². The third-order valence-corrected chi connectivity index (χ3v) is 3.39. The number of hydrogen-bond donors (Lipinski definition) is 1. The van der Waals surface area contributed by atoms with Crippen LogP contribution in [0.5, 0.6) is 0 Å². The van der Waals surface area contributed by atoms with Gasteiger partial charge in [-0.3, -0.25) is 0 Å². The number of benzene rings is 1. The lowest BCUT2D eigenvalue weighted by Crippen LogP contribution is -1.95. The lowest BCUT2D eigenvalue weighted by molar-refractivity contribution is 0.0690. The first kappa shape index (κ1) is 10.8. The molecule has 3 aromatic rings. The molecule has 0 fully saturated rings. The molecule has 2 heterocycles. The Hall–Kier alpha value is -2.28. The van der Waals surface area contributed by atoms with Crippen molar-refractivity contribution in [2.75, 3.05) is 0 Å². The normalized spacial score (nSPS) is 10.9. The summed E-state index contributed by atoms with van der Waals surface area (Å²) in [6.07, 6.45) is 1.39. The van der Waals surface area contributed by atoms with Gasteiger partial charge in [-0.05, 0) is 25.1 Å². The van der Waals surface area contributed by atoms with E-state index in [1.807, 2.05) is 25.1 Å². The van der Waals surface area contributed by atoms with Crippen molar-refractivity contribution in [1.29, 1.82) is 0 Å². The molecular weight excluding hydrogens is 252 g/mol. The molecule has 0 aliphatic carbocycles. The predicted octanol–water partition coefficient (Wildman–Crippen LogP) is 1.88. The largest absolute Gasteiger partial charge is 0.476 e. The van der Waals surface area contributed by atoms with Gasteiger partial charge in [0.15, 0.2) is 5.69 Å². The lowest BCUT2D eigenvalue weighted by atomic mass is 10.3. The summed E-state index contributed by atoms with van der Waals surface area (Å²) in [6, 6.07) is 5.64. The first-order valence-electron chi connectivity index (χ1n) is 5.17. The maximum absolute atomic E-state index is 10.7. The van der Waals surface area contributed by atoms with Crippen LogP contribution in [0.15, 0.2) is 24.4 Å². The van der Waals surface area contributed by atoms with Crippen LogP contribution in [0.2, 0.25) is 0 Å². The number of rotatable bonds is 2. The molecule has 7 heteroatoms. The van der Waals surface area contributed by atoms with Crippen molar-refractivity contribution >= 4 is 27.5 Å². The number of nitrogens with zero attached hydrogens (tertiary/aromatic N) is 4. The molecule has 90 valence electrons. The summed E-state index contributed by atoms with van der Waals surface area (Å²) in [5.74, 6) is -1.09. The second-order valence-corrected chi connectivity index (χ2v) is 4.97. The predicted molar refractivity (Wildman–Crippen MR) is 66.2 cm³/mol. The Morgan fingerprint density at radius 1 is 1.44 bits per heavy atom. The van der Waals surface area contributed by atoms with E-state index in [2.05, 4.69) is 15.3 Å². The quantitative estimate of drug-likeness (QED) is 0.760. The van der Waals surface area contributed by atoms with E-state index in [0.717, 1.165) is 20.9 Å². The van der Waals surface area contributed by atoms with Gasteiger partial charge in [0, 0.05) is 0 Å². The molecule has 1 aromatic carbocycles. The highest BCUT2D eigenvalue weighted by Gasteiger charge is 2.10. The number of aromatic carboxylic acids is 1. The van der Waals surface area contributed by atoms with E-state index in [9.17, 15) is 4.79 Å². The van der Waals surface area contributed by atoms with Crippen LogP contribution in [-0.4, -0.2) is 31.1 Å². The van der Waals surface area contributed by atoms with Gasteiger partial charge < -0.3 is 5.11 Å². The van der Waals surface area contributed by atoms with Crippen molar-refractivity contribution < 1.29 is 9.90 Å². The average molecular weight is 260 g/mol. The van der Waals surface area contributed by atoms with Crippen LogP contribution in [0.4, 0.5) is 0 Å². The van der Waals surface area contributed by atoms with E-state index in [1.165, 1.54) is 10.9 Å². The fraction of sp³-hybridized carbons (Fsp3) is 0.0909. The number of fused-ring (bicyclic) bond motifs is 1. The zero-order valence-corrected chi connectivity index (χ0v) is 10.2. The number of aryl methyl sites for hydroxylation is 1. The Bertz CT molecular complexity index is 746. The van der Waals surface area contributed by atoms with Crippen molar-refractivity contribution in [3.05, 3.63) is 35.1 Å². The SMILES string of the molecule is Cc1nc2ccc(-n3cc(C(=O)O)nn3)cc2s1. The molecule has 0 atom stereocenters. The molecule has 0 saturated heterocycles. The average Bonchev–Trinajstić information content (AvgIpc) is 2.91. The lowest BCUT2D eigenvalue weighted by Gasteiger charge is -1.98. The number of aromatic nitrogens is 4. The van der Waals surface area contributed by atoms with Gasteiger partial charge in [-0.2, -0.15) is 0 Å². The van der Waals surface area contributed by atoms with Gasteiger partial charge in [-0.25, -0.2) is 14.5 Å². The van der Waals surface area contributed by atoms with Crippen molar-refractivity contribution in [1.82, 2.24) is 20.0 Å². The summed E-state index contributed by atoms with van der Waals surface area (Å²) in [7, 11) is 0. The number of carboxylic acid groups (broad SMARTS) is 1. The molecular formula is C11H8N4O2S. The molecule has 0 unspecified atom stereocenters. The Kier molecular flexibility index (Phi) is 2.34. The highest BCUT2D eigenvalue weighted by Crippen LogP contribution is 2.23. The number of carboxylic acids is 1. The number of carbonyl (C=O) groups is 1. The Morgan fingerprint density at radius 3 is 3.00 bits per heavy atom. The summed E-state index contributed by atoms with van der Waals surface area (Å²) in [4.78, 5) is 15.1. The van der Waals surface area contributed by atoms with Gasteiger partial charge in [0.25, 0.3) is 0 Å². The van der Waals surface area contributed by atoms with E-state index >= 15 is 0 Å². The zero-order chi connectivity index (χ0) is 12.7. The molecule has 6 nitrogen and oxygen atoms in total. The molecule has 1 N–H and O–H groups in total. The van der Waals surface area contributed by atoms with Crippen molar-refractivity contribution in [2.45, 2.75) is 6.92 Å². The molecule has 18 heavy (non-hydrogen) atoms. The van der Waals surface area contributed by atoms with Crippen LogP contribution in [-0.2, 0) is 0 Å². The first-order chi connectivity index (χ1) is 8.63. The van der Waals surface area contributed by atoms with E-state index in [0.29, 0.717) is 0 Å². The molecule has 0 amide bonds. The van der Waals surface area contributed by atoms with Gasteiger partial charge in [0.05, 0.1) is 27.1 Å². The topological polar surface area (TPSA) is 80.9 Å². The molecule has 0 radical (unpaired) electrons. The molecule has 0 bridgehead atoms. The number of hydrogen-bond acceptors (Lipinski definition) is 5. The first-order valence-corrected chi connectivity index (χ1v) is 5.98. The van der Waals surface area contributed by atoms with Crippen LogP contribution in [0.25, 0.3) is 15.9 Å². The minimum Gasteiger partial charge on any atom is -0.476 e. The summed E-state index contributed by atoms with van der Waals surface area (Å²) in [5, 5.41) is 17.2. The van der Waals surface area contributed by atoms with Gasteiger partial charge in [-0.15, -0.1) is 16.4 Å². The minimum absolute atomic E-state index is 0.0735. The Balaban J connectivity index is 2.09. The standard InChI is InChI=1S/C11H8N4O2S/c1-6-12-8-3-2-7(4-10(8)18-6)15-5-9(11(16)17)13-14-15/h2-5H,1H3,(H,16,17). The second-order valence-electron chi connectivity index (χ2n) is 3.74. The third-order valence-electron chi connectivity index (χ3n) is 2.46. The smallest absolute Gasteiger partial charge is 0.358 e. The van der Waals surface area contributed by atoms with Crippen molar-refractivity contribution in [2.24, 2.45) is 0 Å². The van der Waals surface area contributed by atoms with Crippen molar-refractivity contribution in [3.63, 3.8) is 0 Å². The molecule has 3 rings (SSSR count). The van der Waals surface area contributed by atoms with E-state index < -0.39 is 5.97 Å². The second kappa shape index (κ2) is 3.88. The zero-order valence-electron chi connectivity index (χ0n) is 9.36. The van der Waals surface area contributed by atoms with Gasteiger partial charge >= 0.3 is 5.97 Å². The molecule has 0 aliphatic rings. The summed E-state index contributed by atoms with van der Waals surface area (Å²) in [5.41, 5.74) is 1.63. The van der Waals surface area contributed by atoms with Gasteiger partial charge in [-0.1, -0.05) is 5.21 Å². The monoisotopic (exact) mass is 260 g/mol. The van der Waals surface area contributed by atoms with Crippen LogP contribution < -0.4 is 0 Å². The van der Waals surface area contributed by atoms with Crippen molar-refractivity contribution in [3.8, 4) is 5.69 Å². The van der Waals surface area contributed by atoms with Crippen LogP contribution >= 0.6 is 11.3 Å². The Morgan fingerprint density at radius 2 is 2.28 bits per heavy atom. The van der Waals surface area contributed by atoms with Gasteiger partial charge in [0.2, 0.25) is 0 Å². The highest BCUT2D eigenvalue weighted by atomic mass is 32.1. The minimum atomic E-state index is -1.09. The Labute approximate surface area is 106 Å². The van der Waals surface area contributed by atoms with Crippen LogP contribution in [0.1, 0.15) is 15.5 Å². The molecule has 0 spiro atoms. The van der Waals surface area contributed by atoms with Gasteiger partial charge in [0.1, 0.15) is 0 Å². The third kappa shape index (κ3) is 1.74. The molecule has 0 aliphatic heterocycles. The fourth-order valence-corrected chi connectivity index (χ4v) is 2.52. The van der Waals surface area contributed by atoms with E-state index in [1.54, 1.807) is 11.3 Å². The summed E-state index contributed by atoms with van der Waals surface area (Å²) < 4.78 is 2.48. The summed E-state index contributed by atoms with van der Waals surface area (Å²) in [6.45, 7) is 1.95.